The van der Waals surface area contributed by atoms with Gasteiger partial charge in [-0.05, 0) is 11.6 Å². The van der Waals surface area contributed by atoms with Gasteiger partial charge >= 0.3 is 0 Å². The molecule has 0 fully saturated rings. The molecule has 2 aromatic rings. The van der Waals surface area contributed by atoms with Gasteiger partial charge in [0, 0.05) is 17.8 Å². The second-order valence-electron chi connectivity index (χ2n) is 4.17. The van der Waals surface area contributed by atoms with Crippen LogP contribution in [0.2, 0.25) is 0 Å². The number of benzene rings is 1. The van der Waals surface area contributed by atoms with Gasteiger partial charge in [0.15, 0.2) is 0 Å². The molecular formula is C14H15N3O2S. The average Bonchev–Trinajstić information content (AvgIpc) is 2.84. The summed E-state index contributed by atoms with van der Waals surface area (Å²) >= 11 is 1.32. The van der Waals surface area contributed by atoms with Crippen molar-refractivity contribution in [2.24, 2.45) is 11.5 Å². The smallest absolute Gasteiger partial charge is 0.251 e. The number of nitrogens with two attached hydrogens (primary N) is 2. The third kappa shape index (κ3) is 3.23. The predicted molar refractivity (Wildman–Crippen MR) is 80.6 cm³/mol. The van der Waals surface area contributed by atoms with Crippen LogP contribution >= 0.6 is 11.3 Å². The van der Waals surface area contributed by atoms with E-state index < -0.39 is 5.91 Å². The molecule has 0 unspecified atom stereocenters. The fourth-order valence-corrected chi connectivity index (χ4v) is 2.82. The molecule has 0 radical (unpaired) electrons. The Kier molecular flexibility index (Phi) is 4.49. The highest BCUT2D eigenvalue weighted by Gasteiger charge is 2.16. The summed E-state index contributed by atoms with van der Waals surface area (Å²) in [5.74, 6) is -0.789. The molecule has 0 spiro atoms. The number of carbonyl (C=O) groups excluding carboxylic acids is 2. The Morgan fingerprint density at radius 2 is 1.90 bits per heavy atom. The van der Waals surface area contributed by atoms with Crippen molar-refractivity contribution >= 4 is 28.2 Å². The first-order chi connectivity index (χ1) is 9.61. The summed E-state index contributed by atoms with van der Waals surface area (Å²) in [6, 6.07) is 11.3. The molecule has 1 aromatic carbocycles. The Labute approximate surface area is 120 Å². The number of rotatable bonds is 5. The fourth-order valence-electron chi connectivity index (χ4n) is 1.73. The van der Waals surface area contributed by atoms with Crippen molar-refractivity contribution in [1.29, 1.82) is 0 Å². The van der Waals surface area contributed by atoms with Crippen molar-refractivity contribution in [3.8, 4) is 10.4 Å². The van der Waals surface area contributed by atoms with Crippen molar-refractivity contribution < 1.29 is 9.59 Å². The number of nitrogens with one attached hydrogen (secondary N) is 1. The van der Waals surface area contributed by atoms with Gasteiger partial charge in [-0.1, -0.05) is 30.3 Å². The Balaban J connectivity index is 2.34. The molecule has 0 bridgehead atoms. The van der Waals surface area contributed by atoms with E-state index in [1.54, 1.807) is 6.07 Å². The molecule has 0 aliphatic rings. The summed E-state index contributed by atoms with van der Waals surface area (Å²) in [5, 5.41) is 3.15. The lowest BCUT2D eigenvalue weighted by Crippen LogP contribution is -2.18. The third-order valence-electron chi connectivity index (χ3n) is 2.68. The summed E-state index contributed by atoms with van der Waals surface area (Å²) < 4.78 is 0. The van der Waals surface area contributed by atoms with Gasteiger partial charge in [0.25, 0.3) is 5.91 Å². The monoisotopic (exact) mass is 289 g/mol. The molecule has 0 atom stereocenters. The van der Waals surface area contributed by atoms with Crippen LogP contribution in [0.4, 0.5) is 5.00 Å². The number of anilines is 1. The number of carbonyl (C=O) groups is 2. The zero-order valence-corrected chi connectivity index (χ0v) is 11.6. The maximum atomic E-state index is 11.6. The van der Waals surface area contributed by atoms with Gasteiger partial charge < -0.3 is 16.8 Å². The molecule has 1 heterocycles. The second kappa shape index (κ2) is 6.31. The largest absolute Gasteiger partial charge is 0.366 e. The van der Waals surface area contributed by atoms with Crippen molar-refractivity contribution in [2.75, 3.05) is 11.9 Å². The molecule has 0 aliphatic heterocycles. The van der Waals surface area contributed by atoms with Crippen LogP contribution in [0.25, 0.3) is 10.4 Å². The maximum Gasteiger partial charge on any atom is 0.251 e. The number of amides is 2. The SMILES string of the molecule is NCCC(=O)Nc1sc(-c2ccccc2)cc1C(N)=O. The van der Waals surface area contributed by atoms with Gasteiger partial charge in [0.1, 0.15) is 5.00 Å². The number of thiophene rings is 1. The van der Waals surface area contributed by atoms with E-state index in [2.05, 4.69) is 5.32 Å². The molecule has 6 heteroatoms. The van der Waals surface area contributed by atoms with Crippen LogP contribution in [0.1, 0.15) is 16.8 Å². The van der Waals surface area contributed by atoms with Gasteiger partial charge in [-0.15, -0.1) is 11.3 Å². The van der Waals surface area contributed by atoms with E-state index in [4.69, 9.17) is 11.5 Å². The fraction of sp³-hybridized carbons (Fsp3) is 0.143. The van der Waals surface area contributed by atoms with Crippen molar-refractivity contribution in [3.63, 3.8) is 0 Å². The van der Waals surface area contributed by atoms with E-state index in [1.165, 1.54) is 11.3 Å². The summed E-state index contributed by atoms with van der Waals surface area (Å²) in [4.78, 5) is 23.9. The summed E-state index contributed by atoms with van der Waals surface area (Å²) in [6.07, 6.45) is 0.205. The molecular weight excluding hydrogens is 274 g/mol. The van der Waals surface area contributed by atoms with Crippen molar-refractivity contribution in [1.82, 2.24) is 0 Å². The quantitative estimate of drug-likeness (QED) is 0.782. The van der Waals surface area contributed by atoms with Crippen LogP contribution in [-0.2, 0) is 4.79 Å². The summed E-state index contributed by atoms with van der Waals surface area (Å²) in [5.41, 5.74) is 12.0. The van der Waals surface area contributed by atoms with Crippen LogP contribution in [0.3, 0.4) is 0 Å². The number of hydrogen-bond acceptors (Lipinski definition) is 4. The van der Waals surface area contributed by atoms with E-state index in [1.807, 2.05) is 30.3 Å². The van der Waals surface area contributed by atoms with Crippen LogP contribution in [0.15, 0.2) is 36.4 Å². The van der Waals surface area contributed by atoms with E-state index in [-0.39, 0.29) is 18.9 Å². The Hall–Kier alpha value is -2.18. The minimum absolute atomic E-state index is 0.205. The van der Waals surface area contributed by atoms with E-state index in [0.717, 1.165) is 10.4 Å². The van der Waals surface area contributed by atoms with Crippen LogP contribution in [-0.4, -0.2) is 18.4 Å². The molecule has 5 N–H and O–H groups in total. The van der Waals surface area contributed by atoms with Gasteiger partial charge in [0.05, 0.1) is 5.56 Å². The zero-order chi connectivity index (χ0) is 14.5. The standard InChI is InChI=1S/C14H15N3O2S/c15-7-6-12(18)17-14-10(13(16)19)8-11(20-14)9-4-2-1-3-5-9/h1-5,8H,6-7,15H2,(H2,16,19)(H,17,18). The highest BCUT2D eigenvalue weighted by atomic mass is 32.1. The van der Waals surface area contributed by atoms with E-state index >= 15 is 0 Å². The molecule has 20 heavy (non-hydrogen) atoms. The van der Waals surface area contributed by atoms with Gasteiger partial charge in [-0.25, -0.2) is 0 Å². The van der Waals surface area contributed by atoms with Crippen molar-refractivity contribution in [2.45, 2.75) is 6.42 Å². The molecule has 0 aliphatic carbocycles. The van der Waals surface area contributed by atoms with E-state index in [0.29, 0.717) is 10.6 Å². The third-order valence-corrected chi connectivity index (χ3v) is 3.78. The van der Waals surface area contributed by atoms with Gasteiger partial charge in [0.2, 0.25) is 5.91 Å². The van der Waals surface area contributed by atoms with Crippen LogP contribution in [0.5, 0.6) is 0 Å². The number of hydrogen-bond donors (Lipinski definition) is 3. The minimum Gasteiger partial charge on any atom is -0.366 e. The Bertz CT molecular complexity index is 623. The normalized spacial score (nSPS) is 10.2. The lowest BCUT2D eigenvalue weighted by atomic mass is 10.1. The average molecular weight is 289 g/mol. The zero-order valence-electron chi connectivity index (χ0n) is 10.8. The first kappa shape index (κ1) is 14.2. The second-order valence-corrected chi connectivity index (χ2v) is 5.22. The first-order valence-electron chi connectivity index (χ1n) is 6.11. The topological polar surface area (TPSA) is 98.2 Å². The maximum absolute atomic E-state index is 11.6. The molecule has 2 amide bonds. The Morgan fingerprint density at radius 3 is 2.50 bits per heavy atom. The molecule has 104 valence electrons. The molecule has 2 rings (SSSR count). The molecule has 1 aromatic heterocycles. The predicted octanol–water partition coefficient (Wildman–Crippen LogP) is 1.80. The van der Waals surface area contributed by atoms with Crippen molar-refractivity contribution in [3.05, 3.63) is 42.0 Å². The number of primary amides is 1. The highest BCUT2D eigenvalue weighted by Crippen LogP contribution is 2.35. The van der Waals surface area contributed by atoms with Gasteiger partial charge in [-0.2, -0.15) is 0 Å². The summed E-state index contributed by atoms with van der Waals surface area (Å²) in [6.45, 7) is 0.259. The lowest BCUT2D eigenvalue weighted by Gasteiger charge is -2.02. The molecule has 0 saturated carbocycles. The van der Waals surface area contributed by atoms with E-state index in [9.17, 15) is 9.59 Å². The van der Waals surface area contributed by atoms with Crippen LogP contribution in [0, 0.1) is 0 Å². The highest BCUT2D eigenvalue weighted by molar-refractivity contribution is 7.20. The lowest BCUT2D eigenvalue weighted by molar-refractivity contribution is -0.116. The minimum atomic E-state index is -0.563. The van der Waals surface area contributed by atoms with Crippen LogP contribution < -0.4 is 16.8 Å². The molecule has 5 nitrogen and oxygen atoms in total. The molecule has 0 saturated heterocycles. The first-order valence-corrected chi connectivity index (χ1v) is 6.92. The van der Waals surface area contributed by atoms with Gasteiger partial charge in [-0.3, -0.25) is 9.59 Å². The summed E-state index contributed by atoms with van der Waals surface area (Å²) in [7, 11) is 0. The Morgan fingerprint density at radius 1 is 1.20 bits per heavy atom.